The van der Waals surface area contributed by atoms with Crippen molar-refractivity contribution in [3.8, 4) is 0 Å². The van der Waals surface area contributed by atoms with Crippen molar-refractivity contribution in [3.05, 3.63) is 0 Å². The highest BCUT2D eigenvalue weighted by Gasteiger charge is 2.37. The van der Waals surface area contributed by atoms with E-state index in [-0.39, 0.29) is 12.5 Å². The van der Waals surface area contributed by atoms with Crippen LogP contribution in [-0.2, 0) is 9.53 Å². The van der Waals surface area contributed by atoms with Crippen molar-refractivity contribution in [2.75, 3.05) is 6.61 Å². The zero-order valence-electron chi connectivity index (χ0n) is 7.17. The summed E-state index contributed by atoms with van der Waals surface area (Å²) in [6.45, 7) is 1.28. The minimum absolute atomic E-state index is 0.0149. The molecular weight excluding hydrogens is 178 g/mol. The van der Waals surface area contributed by atoms with E-state index in [1.807, 2.05) is 0 Å². The molecule has 6 heteroatoms. The monoisotopic (exact) mass is 191 g/mol. The maximum atomic E-state index is 10.6. The van der Waals surface area contributed by atoms with Crippen molar-refractivity contribution in [2.45, 2.75) is 31.5 Å². The van der Waals surface area contributed by atoms with Crippen LogP contribution in [0.25, 0.3) is 0 Å². The predicted octanol–water partition coefficient (Wildman–Crippen LogP) is -2.44. The molecule has 1 aliphatic heterocycles. The number of aliphatic hydroxyl groups excluding tert-OH is 3. The highest BCUT2D eigenvalue weighted by atomic mass is 16.6. The summed E-state index contributed by atoms with van der Waals surface area (Å²) in [6.07, 6.45) is -3.97. The van der Waals surface area contributed by atoms with Gasteiger partial charge in [0.15, 0.2) is 6.29 Å². The van der Waals surface area contributed by atoms with Crippen LogP contribution in [0.4, 0.5) is 0 Å². The highest BCUT2D eigenvalue weighted by Crippen LogP contribution is 2.13. The summed E-state index contributed by atoms with van der Waals surface area (Å²) in [4.78, 5) is 10.6. The van der Waals surface area contributed by atoms with E-state index in [1.54, 1.807) is 0 Å². The Kier molecular flexibility index (Phi) is 3.21. The van der Waals surface area contributed by atoms with Crippen molar-refractivity contribution in [2.24, 2.45) is 0 Å². The Morgan fingerprint density at radius 1 is 1.38 bits per heavy atom. The molecule has 0 bridgehead atoms. The van der Waals surface area contributed by atoms with E-state index in [0.29, 0.717) is 0 Å². The van der Waals surface area contributed by atoms with Gasteiger partial charge in [-0.15, -0.1) is 0 Å². The second-order valence-corrected chi connectivity index (χ2v) is 3.01. The lowest BCUT2D eigenvalue weighted by Gasteiger charge is -2.35. The Hall–Kier alpha value is -0.690. The molecule has 1 aliphatic rings. The van der Waals surface area contributed by atoms with Crippen LogP contribution in [0.2, 0.25) is 0 Å². The van der Waals surface area contributed by atoms with E-state index in [0.717, 1.165) is 0 Å². The topological polar surface area (TPSA) is 99.0 Å². The average molecular weight is 191 g/mol. The van der Waals surface area contributed by atoms with Gasteiger partial charge >= 0.3 is 0 Å². The molecule has 1 fully saturated rings. The number of amides is 1. The molecule has 76 valence electrons. The molecule has 1 saturated heterocycles. The average Bonchev–Trinajstić information content (AvgIpc) is 2.06. The van der Waals surface area contributed by atoms with Gasteiger partial charge in [-0.2, -0.15) is 0 Å². The van der Waals surface area contributed by atoms with Gasteiger partial charge in [0.2, 0.25) is 5.91 Å². The molecule has 0 aliphatic carbocycles. The molecule has 1 rings (SSSR count). The van der Waals surface area contributed by atoms with Crippen molar-refractivity contribution < 1.29 is 24.9 Å². The van der Waals surface area contributed by atoms with Gasteiger partial charge in [0.25, 0.3) is 0 Å². The lowest BCUT2D eigenvalue weighted by Crippen LogP contribution is -2.58. The van der Waals surface area contributed by atoms with Crippen LogP contribution < -0.4 is 5.32 Å². The predicted molar refractivity (Wildman–Crippen MR) is 41.6 cm³/mol. The summed E-state index contributed by atoms with van der Waals surface area (Å²) < 4.78 is 4.70. The first kappa shape index (κ1) is 10.4. The van der Waals surface area contributed by atoms with E-state index >= 15 is 0 Å². The summed E-state index contributed by atoms with van der Waals surface area (Å²) in [5.74, 6) is -0.323. The minimum Gasteiger partial charge on any atom is -0.388 e. The van der Waals surface area contributed by atoms with Gasteiger partial charge in [-0.1, -0.05) is 0 Å². The van der Waals surface area contributed by atoms with Gasteiger partial charge in [0.05, 0.1) is 12.6 Å². The van der Waals surface area contributed by atoms with Crippen molar-refractivity contribution in [3.63, 3.8) is 0 Å². The third-order valence-corrected chi connectivity index (χ3v) is 1.89. The number of hydrogen-bond donors (Lipinski definition) is 4. The maximum Gasteiger partial charge on any atom is 0.217 e. The Balaban J connectivity index is 2.53. The van der Waals surface area contributed by atoms with E-state index in [1.165, 1.54) is 6.92 Å². The molecule has 0 unspecified atom stereocenters. The Bertz CT molecular complexity index is 197. The highest BCUT2D eigenvalue weighted by molar-refractivity contribution is 5.73. The van der Waals surface area contributed by atoms with Gasteiger partial charge in [-0.05, 0) is 0 Å². The molecular formula is C7H13NO5. The molecule has 1 heterocycles. The third-order valence-electron chi connectivity index (χ3n) is 1.89. The van der Waals surface area contributed by atoms with Crippen LogP contribution in [0.3, 0.4) is 0 Å². The van der Waals surface area contributed by atoms with Crippen LogP contribution in [0.1, 0.15) is 6.92 Å². The molecule has 0 aromatic heterocycles. The number of carbonyl (C=O) groups excluding carboxylic acids is 1. The molecule has 4 atom stereocenters. The Morgan fingerprint density at radius 3 is 2.54 bits per heavy atom. The van der Waals surface area contributed by atoms with Crippen LogP contribution in [0.15, 0.2) is 0 Å². The summed E-state index contributed by atoms with van der Waals surface area (Å²) in [5.41, 5.74) is 0. The molecule has 13 heavy (non-hydrogen) atoms. The van der Waals surface area contributed by atoms with Gasteiger partial charge < -0.3 is 25.4 Å². The molecule has 0 aromatic carbocycles. The summed E-state index contributed by atoms with van der Waals surface area (Å²) in [6, 6.07) is -0.670. The van der Waals surface area contributed by atoms with E-state index < -0.39 is 24.5 Å². The minimum atomic E-state index is -1.39. The number of hydrogen-bond acceptors (Lipinski definition) is 5. The molecule has 0 spiro atoms. The van der Waals surface area contributed by atoms with E-state index in [9.17, 15) is 9.90 Å². The third kappa shape index (κ3) is 2.38. The smallest absolute Gasteiger partial charge is 0.217 e. The maximum absolute atomic E-state index is 10.6. The lowest BCUT2D eigenvalue weighted by atomic mass is 10.0. The molecule has 0 aromatic rings. The fourth-order valence-corrected chi connectivity index (χ4v) is 1.19. The first-order chi connectivity index (χ1) is 6.02. The SMILES string of the molecule is CC(=O)N[C@@H]1CO[C@H](O)[C@H](O)[C@H]1O. The quantitative estimate of drug-likeness (QED) is 0.369. The van der Waals surface area contributed by atoms with Crippen LogP contribution in [-0.4, -0.2) is 52.4 Å². The fourth-order valence-electron chi connectivity index (χ4n) is 1.19. The first-order valence-electron chi connectivity index (χ1n) is 3.95. The number of rotatable bonds is 1. The fraction of sp³-hybridized carbons (Fsp3) is 0.857. The molecule has 0 radical (unpaired) electrons. The number of ether oxygens (including phenoxy) is 1. The van der Waals surface area contributed by atoms with Crippen molar-refractivity contribution in [1.82, 2.24) is 5.32 Å². The van der Waals surface area contributed by atoms with Crippen LogP contribution >= 0.6 is 0 Å². The number of nitrogens with one attached hydrogen (secondary N) is 1. The largest absolute Gasteiger partial charge is 0.388 e. The van der Waals surface area contributed by atoms with Crippen LogP contribution in [0, 0.1) is 0 Å². The Morgan fingerprint density at radius 2 is 2.00 bits per heavy atom. The number of carbonyl (C=O) groups is 1. The lowest BCUT2D eigenvalue weighted by molar-refractivity contribution is -0.229. The second-order valence-electron chi connectivity index (χ2n) is 3.01. The summed E-state index contributed by atoms with van der Waals surface area (Å²) in [5, 5.41) is 29.9. The normalized spacial score (nSPS) is 40.0. The van der Waals surface area contributed by atoms with Gasteiger partial charge in [-0.25, -0.2) is 0 Å². The molecule has 1 amide bonds. The van der Waals surface area contributed by atoms with Gasteiger partial charge in [0, 0.05) is 6.92 Å². The number of aliphatic hydroxyl groups is 3. The molecule has 0 saturated carbocycles. The summed E-state index contributed by atoms with van der Waals surface area (Å²) >= 11 is 0. The Labute approximate surface area is 75.1 Å². The van der Waals surface area contributed by atoms with Gasteiger partial charge in [0.1, 0.15) is 12.2 Å². The zero-order valence-corrected chi connectivity index (χ0v) is 7.17. The molecule has 4 N–H and O–H groups in total. The van der Waals surface area contributed by atoms with Crippen molar-refractivity contribution in [1.29, 1.82) is 0 Å². The second kappa shape index (κ2) is 4.01. The standard InChI is InChI=1S/C7H13NO5/c1-3(9)8-4-2-13-7(12)6(11)5(4)10/h4-7,10-12H,2H2,1H3,(H,8,9)/t4-,5+,6-,7+/m1/s1. The first-order valence-corrected chi connectivity index (χ1v) is 3.95. The van der Waals surface area contributed by atoms with Crippen molar-refractivity contribution >= 4 is 5.91 Å². The van der Waals surface area contributed by atoms with E-state index in [4.69, 9.17) is 14.9 Å². The van der Waals surface area contributed by atoms with Crippen LogP contribution in [0.5, 0.6) is 0 Å². The zero-order chi connectivity index (χ0) is 10.0. The summed E-state index contributed by atoms with van der Waals surface area (Å²) in [7, 11) is 0. The van der Waals surface area contributed by atoms with E-state index in [2.05, 4.69) is 5.32 Å². The van der Waals surface area contributed by atoms with Gasteiger partial charge in [-0.3, -0.25) is 4.79 Å². The molecule has 6 nitrogen and oxygen atoms in total.